The van der Waals surface area contributed by atoms with Crippen LogP contribution in [0.25, 0.3) is 0 Å². The fourth-order valence-corrected chi connectivity index (χ4v) is 7.17. The van der Waals surface area contributed by atoms with Gasteiger partial charge in [0.05, 0.1) is 31.7 Å². The lowest BCUT2D eigenvalue weighted by Gasteiger charge is -2.52. The summed E-state index contributed by atoms with van der Waals surface area (Å²) < 4.78 is 17.0. The quantitative estimate of drug-likeness (QED) is 0.301. The van der Waals surface area contributed by atoms with Gasteiger partial charge in [0.2, 0.25) is 0 Å². The van der Waals surface area contributed by atoms with E-state index in [4.69, 9.17) is 14.2 Å². The first kappa shape index (κ1) is 24.6. The molecule has 6 heteroatoms. The number of aliphatic hydroxyl groups is 1. The van der Waals surface area contributed by atoms with Gasteiger partial charge in [-0.3, -0.25) is 9.59 Å². The van der Waals surface area contributed by atoms with Crippen LogP contribution in [0.15, 0.2) is 11.3 Å². The molecule has 0 aromatic heterocycles. The van der Waals surface area contributed by atoms with Crippen LogP contribution in [-0.2, 0) is 23.8 Å². The Labute approximate surface area is 198 Å². The number of esters is 2. The van der Waals surface area contributed by atoms with E-state index < -0.39 is 17.4 Å². The van der Waals surface area contributed by atoms with Crippen molar-refractivity contribution in [1.82, 2.24) is 0 Å². The second kappa shape index (κ2) is 10.4. The van der Waals surface area contributed by atoms with E-state index in [0.29, 0.717) is 11.8 Å². The summed E-state index contributed by atoms with van der Waals surface area (Å²) in [5.41, 5.74) is 0.132. The molecule has 2 unspecified atom stereocenters. The summed E-state index contributed by atoms with van der Waals surface area (Å²) in [6.45, 7) is 5.79. The maximum atomic E-state index is 12.7. The monoisotopic (exact) mass is 462 g/mol. The summed E-state index contributed by atoms with van der Waals surface area (Å²) in [4.78, 5) is 25.4. The molecule has 5 aliphatic carbocycles. The fraction of sp³-hybridized carbons (Fsp3) is 0.852. The predicted molar refractivity (Wildman–Crippen MR) is 124 cm³/mol. The van der Waals surface area contributed by atoms with Gasteiger partial charge in [-0.25, -0.2) is 0 Å². The molecule has 0 aromatic carbocycles. The molecule has 4 bridgehead atoms. The van der Waals surface area contributed by atoms with Crippen molar-refractivity contribution in [3.05, 3.63) is 11.3 Å². The normalized spacial score (nSPS) is 33.0. The van der Waals surface area contributed by atoms with Gasteiger partial charge in [0.25, 0.3) is 0 Å². The Morgan fingerprint density at radius 3 is 1.97 bits per heavy atom. The largest absolute Gasteiger partial charge is 0.498 e. The molecule has 0 saturated heterocycles. The number of rotatable bonds is 9. The summed E-state index contributed by atoms with van der Waals surface area (Å²) in [6, 6.07) is 0. The molecular weight excluding hydrogens is 420 g/mol. The van der Waals surface area contributed by atoms with E-state index >= 15 is 0 Å². The maximum Gasteiger partial charge on any atom is 0.323 e. The van der Waals surface area contributed by atoms with Crippen LogP contribution in [0.4, 0.5) is 0 Å². The molecule has 0 spiro atoms. The molecule has 0 heterocycles. The van der Waals surface area contributed by atoms with Gasteiger partial charge in [0, 0.05) is 12.3 Å². The highest BCUT2D eigenvalue weighted by atomic mass is 16.6. The van der Waals surface area contributed by atoms with Gasteiger partial charge in [-0.05, 0) is 101 Å². The number of carbonyl (C=O) groups excluding carboxylic acids is 2. The van der Waals surface area contributed by atoms with Crippen molar-refractivity contribution in [2.24, 2.45) is 35.0 Å². The molecule has 5 aliphatic rings. The average Bonchev–Trinajstić information content (AvgIpc) is 2.77. The summed E-state index contributed by atoms with van der Waals surface area (Å²) >= 11 is 0. The van der Waals surface area contributed by atoms with Crippen LogP contribution < -0.4 is 0 Å². The van der Waals surface area contributed by atoms with Crippen molar-refractivity contribution in [2.45, 2.75) is 91.1 Å². The lowest BCUT2D eigenvalue weighted by Crippen LogP contribution is -2.42. The van der Waals surface area contributed by atoms with Crippen LogP contribution in [0.1, 0.15) is 85.0 Å². The van der Waals surface area contributed by atoms with E-state index in [-0.39, 0.29) is 38.3 Å². The standard InChI is InChI=1S/C27H42O6/c1-4-31-25(29)27(3,26(30)32-5-2)9-10-33-24(19-7-6-8-22(28)16-19)23-20-12-17-11-18(14-20)15-21(23)13-17/h17-22,28H,4-16H2,1-3H3. The Bertz CT molecular complexity index is 708. The van der Waals surface area contributed by atoms with E-state index in [1.165, 1.54) is 37.7 Å². The number of aliphatic hydroxyl groups excluding tert-OH is 1. The van der Waals surface area contributed by atoms with Crippen molar-refractivity contribution in [2.75, 3.05) is 19.8 Å². The molecule has 186 valence electrons. The first-order valence-corrected chi connectivity index (χ1v) is 13.2. The van der Waals surface area contributed by atoms with Gasteiger partial charge in [-0.1, -0.05) is 6.42 Å². The minimum absolute atomic E-state index is 0.218. The third kappa shape index (κ3) is 5.11. The maximum absolute atomic E-state index is 12.7. The van der Waals surface area contributed by atoms with Gasteiger partial charge in [0.15, 0.2) is 5.41 Å². The second-order valence-electron chi connectivity index (χ2n) is 11.0. The molecule has 2 atom stereocenters. The van der Waals surface area contributed by atoms with Gasteiger partial charge < -0.3 is 19.3 Å². The van der Waals surface area contributed by atoms with E-state index in [0.717, 1.165) is 43.3 Å². The molecule has 5 saturated carbocycles. The third-order valence-corrected chi connectivity index (χ3v) is 8.63. The number of carbonyl (C=O) groups is 2. The Kier molecular flexibility index (Phi) is 7.72. The number of hydrogen-bond acceptors (Lipinski definition) is 6. The SMILES string of the molecule is CCOC(=O)C(C)(CCOC(=C1C2CC3CC(C2)CC1C3)C1CCCC(O)C1)C(=O)OCC. The number of hydrogen-bond donors (Lipinski definition) is 1. The van der Waals surface area contributed by atoms with E-state index in [1.807, 2.05) is 0 Å². The molecule has 0 amide bonds. The molecule has 33 heavy (non-hydrogen) atoms. The van der Waals surface area contributed by atoms with Crippen molar-refractivity contribution in [1.29, 1.82) is 0 Å². The highest BCUT2D eigenvalue weighted by molar-refractivity contribution is 5.99. The first-order chi connectivity index (χ1) is 15.9. The second-order valence-corrected chi connectivity index (χ2v) is 11.0. The van der Waals surface area contributed by atoms with Crippen molar-refractivity contribution < 1.29 is 28.9 Å². The summed E-state index contributed by atoms with van der Waals surface area (Å²) in [5.74, 6) is 3.16. The molecule has 6 nitrogen and oxygen atoms in total. The molecule has 0 aliphatic heterocycles. The Morgan fingerprint density at radius 1 is 0.879 bits per heavy atom. The van der Waals surface area contributed by atoms with Crippen molar-refractivity contribution in [3.63, 3.8) is 0 Å². The van der Waals surface area contributed by atoms with Crippen LogP contribution in [0.5, 0.6) is 0 Å². The molecule has 0 radical (unpaired) electrons. The predicted octanol–water partition coefficient (Wildman–Crippen LogP) is 4.79. The Hall–Kier alpha value is -1.56. The molecule has 5 rings (SSSR count). The molecular formula is C27H42O6. The van der Waals surface area contributed by atoms with Gasteiger partial charge >= 0.3 is 11.9 Å². The topological polar surface area (TPSA) is 82.1 Å². The van der Waals surface area contributed by atoms with Crippen LogP contribution >= 0.6 is 0 Å². The van der Waals surface area contributed by atoms with Crippen LogP contribution in [0, 0.1) is 35.0 Å². The van der Waals surface area contributed by atoms with E-state index in [9.17, 15) is 14.7 Å². The summed E-state index contributed by atoms with van der Waals surface area (Å²) in [7, 11) is 0. The third-order valence-electron chi connectivity index (χ3n) is 8.63. The number of ether oxygens (including phenoxy) is 3. The number of allylic oxidation sites excluding steroid dienone is 2. The Morgan fingerprint density at radius 2 is 1.45 bits per heavy atom. The zero-order chi connectivity index (χ0) is 23.6. The van der Waals surface area contributed by atoms with Crippen LogP contribution in [0.3, 0.4) is 0 Å². The van der Waals surface area contributed by atoms with Gasteiger partial charge in [0.1, 0.15) is 0 Å². The van der Waals surface area contributed by atoms with E-state index in [1.54, 1.807) is 20.8 Å². The first-order valence-electron chi connectivity index (χ1n) is 13.2. The molecule has 0 aromatic rings. The molecule has 5 fully saturated rings. The summed E-state index contributed by atoms with van der Waals surface area (Å²) in [5, 5.41) is 10.4. The van der Waals surface area contributed by atoms with E-state index in [2.05, 4.69) is 0 Å². The minimum Gasteiger partial charge on any atom is -0.498 e. The molecule has 1 N–H and O–H groups in total. The van der Waals surface area contributed by atoms with Crippen LogP contribution in [-0.4, -0.2) is 43.0 Å². The lowest BCUT2D eigenvalue weighted by atomic mass is 9.53. The van der Waals surface area contributed by atoms with Gasteiger partial charge in [-0.15, -0.1) is 0 Å². The Balaban J connectivity index is 1.54. The van der Waals surface area contributed by atoms with Gasteiger partial charge in [-0.2, -0.15) is 0 Å². The highest BCUT2D eigenvalue weighted by Crippen LogP contribution is 2.58. The van der Waals surface area contributed by atoms with Crippen molar-refractivity contribution in [3.8, 4) is 0 Å². The zero-order valence-corrected chi connectivity index (χ0v) is 20.6. The fourth-order valence-electron chi connectivity index (χ4n) is 7.17. The average molecular weight is 463 g/mol. The smallest absolute Gasteiger partial charge is 0.323 e. The lowest BCUT2D eigenvalue weighted by molar-refractivity contribution is -0.172. The highest BCUT2D eigenvalue weighted by Gasteiger charge is 2.48. The minimum atomic E-state index is -1.38. The summed E-state index contributed by atoms with van der Waals surface area (Å²) in [6.07, 6.45) is 10.1. The van der Waals surface area contributed by atoms with Crippen LogP contribution in [0.2, 0.25) is 0 Å². The van der Waals surface area contributed by atoms with Crippen molar-refractivity contribution >= 4 is 11.9 Å². The zero-order valence-electron chi connectivity index (χ0n) is 20.6.